The third kappa shape index (κ3) is 4.42. The Balaban J connectivity index is 1.99. The van der Waals surface area contributed by atoms with Crippen LogP contribution < -0.4 is 0 Å². The van der Waals surface area contributed by atoms with Crippen molar-refractivity contribution in [3.05, 3.63) is 42.1 Å². The predicted octanol–water partition coefficient (Wildman–Crippen LogP) is 2.85. The Labute approximate surface area is 135 Å². The average molecular weight is 315 g/mol. The monoisotopic (exact) mass is 315 g/mol. The zero-order valence-corrected chi connectivity index (χ0v) is 13.3. The summed E-state index contributed by atoms with van der Waals surface area (Å²) in [6.45, 7) is 1.91. The van der Waals surface area contributed by atoms with E-state index < -0.39 is 5.97 Å². The molecule has 1 aromatic heterocycles. The highest BCUT2D eigenvalue weighted by Crippen LogP contribution is 2.23. The van der Waals surface area contributed by atoms with Crippen molar-refractivity contribution in [1.29, 1.82) is 0 Å². The Morgan fingerprint density at radius 3 is 2.61 bits per heavy atom. The van der Waals surface area contributed by atoms with Crippen molar-refractivity contribution in [3.63, 3.8) is 0 Å². The minimum absolute atomic E-state index is 0.0101. The molecule has 122 valence electrons. The molecule has 1 aromatic carbocycles. The minimum atomic E-state index is -0.880. The summed E-state index contributed by atoms with van der Waals surface area (Å²) in [7, 11) is 1.72. The summed E-state index contributed by atoms with van der Waals surface area (Å²) in [5.41, 5.74) is 2.69. The normalized spacial score (nSPS) is 11.9. The predicted molar refractivity (Wildman–Crippen MR) is 86.7 cm³/mol. The molecule has 0 radical (unpaired) electrons. The molecule has 2 N–H and O–H groups in total. The summed E-state index contributed by atoms with van der Waals surface area (Å²) in [5.74, 6) is -0.954. The lowest BCUT2D eigenvalue weighted by molar-refractivity contribution is -0.137. The van der Waals surface area contributed by atoms with E-state index in [1.165, 1.54) is 0 Å². The van der Waals surface area contributed by atoms with Crippen LogP contribution in [-0.4, -0.2) is 39.1 Å². The Bertz CT molecular complexity index is 667. The molecule has 0 aliphatic rings. The van der Waals surface area contributed by atoms with Gasteiger partial charge < -0.3 is 10.0 Å². The largest absolute Gasteiger partial charge is 0.481 e. The smallest absolute Gasteiger partial charge is 0.303 e. The molecular formula is C17H21N3O3. The molecule has 0 aliphatic carbocycles. The van der Waals surface area contributed by atoms with Crippen LogP contribution in [0.25, 0.3) is 11.3 Å². The number of carbonyl (C=O) groups is 2. The fraction of sp³-hybridized carbons (Fsp3) is 0.353. The van der Waals surface area contributed by atoms with E-state index in [1.54, 1.807) is 11.9 Å². The fourth-order valence-corrected chi connectivity index (χ4v) is 2.30. The molecule has 23 heavy (non-hydrogen) atoms. The second-order valence-corrected chi connectivity index (χ2v) is 5.50. The van der Waals surface area contributed by atoms with E-state index in [1.807, 2.05) is 43.3 Å². The van der Waals surface area contributed by atoms with Crippen molar-refractivity contribution in [2.24, 2.45) is 0 Å². The van der Waals surface area contributed by atoms with Gasteiger partial charge in [-0.1, -0.05) is 30.3 Å². The number of aliphatic carboxylic acids is 1. The first kappa shape index (κ1) is 16.7. The number of H-pyrrole nitrogens is 1. The molecule has 0 bridgehead atoms. The molecular weight excluding hydrogens is 294 g/mol. The van der Waals surface area contributed by atoms with Gasteiger partial charge in [-0.3, -0.25) is 14.7 Å². The maximum absolute atomic E-state index is 12.1. The third-order valence-electron chi connectivity index (χ3n) is 3.87. The van der Waals surface area contributed by atoms with Gasteiger partial charge in [0.25, 0.3) is 0 Å². The van der Waals surface area contributed by atoms with E-state index in [2.05, 4.69) is 10.2 Å². The number of carbonyl (C=O) groups excluding carboxylic acids is 1. The first-order chi connectivity index (χ1) is 11.0. The first-order valence-corrected chi connectivity index (χ1v) is 7.57. The molecule has 2 rings (SSSR count). The Morgan fingerprint density at radius 2 is 1.96 bits per heavy atom. The second kappa shape index (κ2) is 7.58. The standard InChI is InChI=1S/C17H21N3O3/c1-12(20(2)16(21)9-6-10-17(22)23)14-11-15(19-18-14)13-7-4-3-5-8-13/h3-5,7-8,11-12H,6,9-10H2,1-2H3,(H,18,19)(H,22,23)/t12-/m0/s1. The van der Waals surface area contributed by atoms with Crippen molar-refractivity contribution in [1.82, 2.24) is 15.1 Å². The summed E-state index contributed by atoms with van der Waals surface area (Å²) in [6.07, 6.45) is 0.590. The molecule has 1 heterocycles. The molecule has 0 saturated heterocycles. The van der Waals surface area contributed by atoms with Gasteiger partial charge in [0, 0.05) is 25.5 Å². The first-order valence-electron chi connectivity index (χ1n) is 7.57. The van der Waals surface area contributed by atoms with Gasteiger partial charge in [-0.25, -0.2) is 0 Å². The maximum atomic E-state index is 12.1. The number of aromatic nitrogens is 2. The summed E-state index contributed by atoms with van der Waals surface area (Å²) in [6, 6.07) is 11.6. The van der Waals surface area contributed by atoms with Gasteiger partial charge in [-0.15, -0.1) is 0 Å². The van der Waals surface area contributed by atoms with Gasteiger partial charge in [0.2, 0.25) is 5.91 Å². The van der Waals surface area contributed by atoms with Gasteiger partial charge in [-0.05, 0) is 19.4 Å². The van der Waals surface area contributed by atoms with Gasteiger partial charge in [0.1, 0.15) is 0 Å². The van der Waals surface area contributed by atoms with E-state index in [-0.39, 0.29) is 24.8 Å². The van der Waals surface area contributed by atoms with Gasteiger partial charge >= 0.3 is 5.97 Å². The molecule has 0 spiro atoms. The quantitative estimate of drug-likeness (QED) is 0.822. The third-order valence-corrected chi connectivity index (χ3v) is 3.87. The molecule has 1 amide bonds. The number of rotatable bonds is 7. The van der Waals surface area contributed by atoms with Gasteiger partial charge in [0.15, 0.2) is 0 Å². The highest BCUT2D eigenvalue weighted by atomic mass is 16.4. The fourth-order valence-electron chi connectivity index (χ4n) is 2.30. The molecule has 0 unspecified atom stereocenters. The van der Waals surface area contributed by atoms with E-state index in [4.69, 9.17) is 5.11 Å². The van der Waals surface area contributed by atoms with Crippen LogP contribution in [0, 0.1) is 0 Å². The Morgan fingerprint density at radius 1 is 1.26 bits per heavy atom. The van der Waals surface area contributed by atoms with Crippen LogP contribution in [0.15, 0.2) is 36.4 Å². The van der Waals surface area contributed by atoms with Crippen LogP contribution >= 0.6 is 0 Å². The topological polar surface area (TPSA) is 86.3 Å². The molecule has 0 fully saturated rings. The van der Waals surface area contributed by atoms with Crippen LogP contribution in [0.5, 0.6) is 0 Å². The molecule has 0 saturated carbocycles. The SMILES string of the molecule is C[C@@H](c1cc(-c2ccccc2)n[nH]1)N(C)C(=O)CCCC(=O)O. The minimum Gasteiger partial charge on any atom is -0.481 e. The Hall–Kier alpha value is -2.63. The second-order valence-electron chi connectivity index (χ2n) is 5.50. The van der Waals surface area contributed by atoms with Crippen molar-refractivity contribution < 1.29 is 14.7 Å². The number of carboxylic acids is 1. The van der Waals surface area contributed by atoms with Crippen LogP contribution in [0.1, 0.15) is 37.9 Å². The van der Waals surface area contributed by atoms with Gasteiger partial charge in [0.05, 0.1) is 17.4 Å². The van der Waals surface area contributed by atoms with Crippen LogP contribution in [0.2, 0.25) is 0 Å². The molecule has 1 atom stereocenters. The average Bonchev–Trinajstić information content (AvgIpc) is 3.03. The number of aromatic amines is 1. The van der Waals surface area contributed by atoms with Crippen LogP contribution in [0.4, 0.5) is 0 Å². The van der Waals surface area contributed by atoms with Gasteiger partial charge in [-0.2, -0.15) is 5.10 Å². The lowest BCUT2D eigenvalue weighted by Gasteiger charge is -2.23. The van der Waals surface area contributed by atoms with E-state index in [9.17, 15) is 9.59 Å². The number of nitrogens with one attached hydrogen (secondary N) is 1. The number of hydrogen-bond donors (Lipinski definition) is 2. The maximum Gasteiger partial charge on any atom is 0.303 e. The van der Waals surface area contributed by atoms with Crippen molar-refractivity contribution in [2.75, 3.05) is 7.05 Å². The zero-order chi connectivity index (χ0) is 16.8. The summed E-state index contributed by atoms with van der Waals surface area (Å²) in [4.78, 5) is 24.2. The van der Waals surface area contributed by atoms with Crippen LogP contribution in [0.3, 0.4) is 0 Å². The number of amides is 1. The summed E-state index contributed by atoms with van der Waals surface area (Å²) in [5, 5.41) is 15.9. The van der Waals surface area contributed by atoms with Crippen molar-refractivity contribution in [3.8, 4) is 11.3 Å². The zero-order valence-electron chi connectivity index (χ0n) is 13.3. The van der Waals surface area contributed by atoms with E-state index in [0.29, 0.717) is 6.42 Å². The Kier molecular flexibility index (Phi) is 5.51. The highest BCUT2D eigenvalue weighted by Gasteiger charge is 2.19. The lowest BCUT2D eigenvalue weighted by atomic mass is 10.1. The highest BCUT2D eigenvalue weighted by molar-refractivity contribution is 5.77. The molecule has 6 nitrogen and oxygen atoms in total. The lowest BCUT2D eigenvalue weighted by Crippen LogP contribution is -2.29. The number of hydrogen-bond acceptors (Lipinski definition) is 3. The molecule has 6 heteroatoms. The van der Waals surface area contributed by atoms with Crippen molar-refractivity contribution in [2.45, 2.75) is 32.2 Å². The molecule has 2 aromatic rings. The number of carboxylic acid groups (broad SMARTS) is 1. The van der Waals surface area contributed by atoms with Crippen molar-refractivity contribution >= 4 is 11.9 Å². The number of benzene rings is 1. The molecule has 0 aliphatic heterocycles. The van der Waals surface area contributed by atoms with Crippen LogP contribution in [-0.2, 0) is 9.59 Å². The number of nitrogens with zero attached hydrogens (tertiary/aromatic N) is 2. The summed E-state index contributed by atoms with van der Waals surface area (Å²) >= 11 is 0. The van der Waals surface area contributed by atoms with E-state index >= 15 is 0 Å². The summed E-state index contributed by atoms with van der Waals surface area (Å²) < 4.78 is 0. The van der Waals surface area contributed by atoms with E-state index in [0.717, 1.165) is 17.0 Å².